The van der Waals surface area contributed by atoms with Crippen LogP contribution < -0.4 is 5.32 Å². The molecular weight excluding hydrogens is 258 g/mol. The first kappa shape index (κ1) is 13.8. The van der Waals surface area contributed by atoms with Gasteiger partial charge in [-0.1, -0.05) is 20.8 Å². The molecule has 0 radical (unpaired) electrons. The Kier molecular flexibility index (Phi) is 3.32. The van der Waals surface area contributed by atoms with E-state index in [9.17, 15) is 4.79 Å². The van der Waals surface area contributed by atoms with Crippen LogP contribution in [0.4, 0.5) is 4.79 Å². The maximum Gasteiger partial charge on any atom is 0.405 e. The monoisotopic (exact) mass is 273 g/mol. The van der Waals surface area contributed by atoms with Crippen LogP contribution in [0.15, 0.2) is 12.1 Å². The molecule has 7 heteroatoms. The van der Waals surface area contributed by atoms with Gasteiger partial charge in [-0.25, -0.2) is 4.79 Å². The summed E-state index contributed by atoms with van der Waals surface area (Å²) < 4.78 is 1.47. The topological polar surface area (TPSA) is 92.4 Å². The smallest absolute Gasteiger partial charge is 0.405 e. The molecule has 2 rings (SSSR count). The van der Waals surface area contributed by atoms with Crippen LogP contribution in [0.3, 0.4) is 0 Å². The van der Waals surface area contributed by atoms with Gasteiger partial charge in [0.2, 0.25) is 0 Å². The molecule has 1 atom stereocenters. The van der Waals surface area contributed by atoms with Crippen LogP contribution >= 0.6 is 0 Å². The van der Waals surface area contributed by atoms with Crippen LogP contribution in [-0.2, 0) is 0 Å². The summed E-state index contributed by atoms with van der Waals surface area (Å²) in [6, 6.07) is 2.79. The van der Waals surface area contributed by atoms with E-state index in [1.54, 1.807) is 12.1 Å². The Morgan fingerprint density at radius 2 is 2.15 bits per heavy atom. The summed E-state index contributed by atoms with van der Waals surface area (Å²) >= 11 is 0. The Labute approximate surface area is 116 Å². The zero-order valence-electron chi connectivity index (χ0n) is 11.5. The van der Waals surface area contributed by atoms with Crippen molar-refractivity contribution in [2.45, 2.75) is 26.8 Å². The predicted octanol–water partition coefficient (Wildman–Crippen LogP) is 1.46. The van der Waals surface area contributed by atoms with Gasteiger partial charge in [-0.05, 0) is 23.5 Å². The third-order valence-electron chi connectivity index (χ3n) is 2.83. The summed E-state index contributed by atoms with van der Waals surface area (Å²) in [6.07, 6.45) is 4.20. The van der Waals surface area contributed by atoms with Gasteiger partial charge in [0.1, 0.15) is 5.69 Å². The maximum absolute atomic E-state index is 11.0. The molecule has 2 N–H and O–H groups in total. The lowest BCUT2D eigenvalue weighted by Gasteiger charge is -2.28. The number of amides is 1. The van der Waals surface area contributed by atoms with Gasteiger partial charge in [0.05, 0.1) is 6.04 Å². The van der Waals surface area contributed by atoms with Crippen molar-refractivity contribution >= 4 is 11.7 Å². The van der Waals surface area contributed by atoms with Gasteiger partial charge >= 0.3 is 6.09 Å². The van der Waals surface area contributed by atoms with E-state index in [-0.39, 0.29) is 0 Å². The summed E-state index contributed by atoms with van der Waals surface area (Å²) in [5, 5.41) is 23.7. The van der Waals surface area contributed by atoms with Gasteiger partial charge in [0.15, 0.2) is 11.5 Å². The highest BCUT2D eigenvalue weighted by Gasteiger charge is 2.32. The number of hydrogen-bond acceptors (Lipinski definition) is 4. The van der Waals surface area contributed by atoms with Crippen molar-refractivity contribution in [3.05, 3.63) is 23.7 Å². The molecule has 2 heterocycles. The van der Waals surface area contributed by atoms with E-state index < -0.39 is 17.6 Å². The predicted molar refractivity (Wildman–Crippen MR) is 72.1 cm³/mol. The lowest BCUT2D eigenvalue weighted by Crippen LogP contribution is -2.37. The van der Waals surface area contributed by atoms with E-state index in [4.69, 9.17) is 11.5 Å². The molecule has 0 saturated carbocycles. The first-order chi connectivity index (χ1) is 9.32. The van der Waals surface area contributed by atoms with Crippen molar-refractivity contribution < 1.29 is 9.90 Å². The summed E-state index contributed by atoms with van der Waals surface area (Å²) in [6.45, 7) is 5.71. The molecule has 1 unspecified atom stereocenters. The average Bonchev–Trinajstić information content (AvgIpc) is 2.76. The Morgan fingerprint density at radius 1 is 1.45 bits per heavy atom. The fourth-order valence-electron chi connectivity index (χ4n) is 1.85. The van der Waals surface area contributed by atoms with Crippen LogP contribution in [0.5, 0.6) is 0 Å². The lowest BCUT2D eigenvalue weighted by atomic mass is 9.86. The quantitative estimate of drug-likeness (QED) is 0.808. The molecule has 0 aromatic carbocycles. The normalized spacial score (nSPS) is 12.9. The lowest BCUT2D eigenvalue weighted by molar-refractivity contribution is 0.172. The van der Waals surface area contributed by atoms with Gasteiger partial charge in [0, 0.05) is 0 Å². The van der Waals surface area contributed by atoms with Gasteiger partial charge in [-0.15, -0.1) is 16.6 Å². The zero-order valence-corrected chi connectivity index (χ0v) is 11.5. The minimum atomic E-state index is -1.13. The van der Waals surface area contributed by atoms with Crippen molar-refractivity contribution in [3.8, 4) is 12.3 Å². The standard InChI is InChI=1S/C13H15N5O2/c1-5-8-6-7-9-15-16-11(18(9)17-8)10(13(2,3)4)14-12(19)20/h1,6-7,10,14H,2-4H3,(H,19,20). The fraction of sp³-hybridized carbons (Fsp3) is 0.385. The minimum absolute atomic E-state index is 0.394. The maximum atomic E-state index is 11.0. The highest BCUT2D eigenvalue weighted by atomic mass is 16.4. The molecule has 2 aromatic heterocycles. The number of terminal acetylenes is 1. The molecule has 20 heavy (non-hydrogen) atoms. The van der Waals surface area contributed by atoms with Crippen molar-refractivity contribution in [2.75, 3.05) is 0 Å². The van der Waals surface area contributed by atoms with Crippen molar-refractivity contribution in [1.82, 2.24) is 25.1 Å². The molecular formula is C13H15N5O2. The highest BCUT2D eigenvalue weighted by Crippen LogP contribution is 2.31. The summed E-state index contributed by atoms with van der Waals surface area (Å²) in [7, 11) is 0. The number of fused-ring (bicyclic) bond motifs is 1. The van der Waals surface area contributed by atoms with E-state index >= 15 is 0 Å². The van der Waals surface area contributed by atoms with Crippen molar-refractivity contribution in [2.24, 2.45) is 5.41 Å². The Bertz CT molecular complexity index is 693. The molecule has 0 aliphatic carbocycles. The summed E-state index contributed by atoms with van der Waals surface area (Å²) in [4.78, 5) is 11.0. The van der Waals surface area contributed by atoms with Crippen LogP contribution in [0.25, 0.3) is 5.65 Å². The highest BCUT2D eigenvalue weighted by molar-refractivity contribution is 5.65. The van der Waals surface area contributed by atoms with E-state index in [1.165, 1.54) is 4.52 Å². The minimum Gasteiger partial charge on any atom is -0.465 e. The summed E-state index contributed by atoms with van der Waals surface area (Å²) in [5.41, 5.74) is 0.553. The van der Waals surface area contributed by atoms with E-state index in [0.717, 1.165) is 0 Å². The number of nitrogens with one attached hydrogen (secondary N) is 1. The van der Waals surface area contributed by atoms with Crippen molar-refractivity contribution in [3.63, 3.8) is 0 Å². The first-order valence-corrected chi connectivity index (χ1v) is 6.01. The molecule has 1 amide bonds. The third kappa shape index (κ3) is 2.54. The largest absolute Gasteiger partial charge is 0.465 e. The van der Waals surface area contributed by atoms with Crippen molar-refractivity contribution in [1.29, 1.82) is 0 Å². The SMILES string of the molecule is C#Cc1ccc2nnc(C(NC(=O)O)C(C)(C)C)n2n1. The molecule has 0 aliphatic rings. The second kappa shape index (κ2) is 4.81. The number of carboxylic acid groups (broad SMARTS) is 1. The first-order valence-electron chi connectivity index (χ1n) is 6.01. The number of hydrogen-bond donors (Lipinski definition) is 2. The van der Waals surface area contributed by atoms with Gasteiger partial charge in [-0.3, -0.25) is 0 Å². The fourth-order valence-corrected chi connectivity index (χ4v) is 1.85. The Morgan fingerprint density at radius 3 is 2.70 bits per heavy atom. The number of carbonyl (C=O) groups is 1. The second-order valence-corrected chi connectivity index (χ2v) is 5.44. The van der Waals surface area contributed by atoms with E-state index in [2.05, 4.69) is 26.5 Å². The van der Waals surface area contributed by atoms with E-state index in [0.29, 0.717) is 17.2 Å². The summed E-state index contributed by atoms with van der Waals surface area (Å²) in [5.74, 6) is 2.84. The van der Waals surface area contributed by atoms with Crippen LogP contribution in [0.2, 0.25) is 0 Å². The average molecular weight is 273 g/mol. The zero-order chi connectivity index (χ0) is 14.9. The Hall–Kier alpha value is -2.62. The van der Waals surface area contributed by atoms with Crippen LogP contribution in [-0.4, -0.2) is 31.0 Å². The molecule has 0 aliphatic heterocycles. The van der Waals surface area contributed by atoms with Crippen LogP contribution in [0.1, 0.15) is 38.3 Å². The molecule has 0 spiro atoms. The second-order valence-electron chi connectivity index (χ2n) is 5.44. The van der Waals surface area contributed by atoms with Gasteiger partial charge in [-0.2, -0.15) is 9.61 Å². The molecule has 104 valence electrons. The number of rotatable bonds is 2. The van der Waals surface area contributed by atoms with E-state index in [1.807, 2.05) is 20.8 Å². The molecule has 2 aromatic rings. The Balaban J connectivity index is 2.59. The molecule has 7 nitrogen and oxygen atoms in total. The van der Waals surface area contributed by atoms with Gasteiger partial charge < -0.3 is 10.4 Å². The third-order valence-corrected chi connectivity index (χ3v) is 2.83. The van der Waals surface area contributed by atoms with Gasteiger partial charge in [0.25, 0.3) is 0 Å². The molecule has 0 saturated heterocycles. The number of nitrogens with zero attached hydrogens (tertiary/aromatic N) is 4. The number of aromatic nitrogens is 4. The molecule has 0 fully saturated rings. The molecule has 0 bridgehead atoms. The van der Waals surface area contributed by atoms with Crippen LogP contribution in [0, 0.1) is 17.8 Å².